The molecule has 1 amide bonds. The molecule has 0 atom stereocenters. The van der Waals surface area contributed by atoms with Crippen molar-refractivity contribution in [1.29, 1.82) is 0 Å². The molecule has 25 heavy (non-hydrogen) atoms. The molecule has 0 bridgehead atoms. The lowest BCUT2D eigenvalue weighted by Crippen LogP contribution is -2.24. The maximum absolute atomic E-state index is 12.1. The highest BCUT2D eigenvalue weighted by Crippen LogP contribution is 2.04. The quantitative estimate of drug-likeness (QED) is 0.694. The number of pyridine rings is 1. The lowest BCUT2D eigenvalue weighted by molar-refractivity contribution is 0.0945. The minimum absolute atomic E-state index is 0.269. The first-order chi connectivity index (χ1) is 12.3. The summed E-state index contributed by atoms with van der Waals surface area (Å²) in [5.74, 6) is 0.381. The van der Waals surface area contributed by atoms with Gasteiger partial charge in [0.2, 0.25) is 0 Å². The zero-order chi connectivity index (χ0) is 17.3. The number of anilines is 1. The largest absolute Gasteiger partial charge is 0.368 e. The minimum atomic E-state index is -0.269. The van der Waals surface area contributed by atoms with Crippen LogP contribution in [0.3, 0.4) is 0 Å². The van der Waals surface area contributed by atoms with Gasteiger partial charge < -0.3 is 10.6 Å². The summed E-state index contributed by atoms with van der Waals surface area (Å²) in [7, 11) is 0. The molecule has 2 heterocycles. The molecule has 2 aromatic heterocycles. The first-order valence-corrected chi connectivity index (χ1v) is 8.09. The fraction of sp³-hybridized carbons (Fsp3) is 0.158. The van der Waals surface area contributed by atoms with Crippen LogP contribution in [0.25, 0.3) is 0 Å². The number of carbonyl (C=O) groups is 1. The van der Waals surface area contributed by atoms with Gasteiger partial charge in [-0.15, -0.1) is 0 Å². The standard InChI is InChI=1S/C19H19N5O/c25-19(24-12-16-8-4-5-10-20-16)17-13-23-18(14-22-17)21-11-9-15-6-2-1-3-7-15/h1-8,10,13-14H,9,11-12H2,(H,21,23)(H,24,25). The maximum atomic E-state index is 12.1. The average molecular weight is 333 g/mol. The lowest BCUT2D eigenvalue weighted by atomic mass is 10.1. The first-order valence-electron chi connectivity index (χ1n) is 8.09. The van der Waals surface area contributed by atoms with E-state index in [2.05, 4.69) is 37.7 Å². The van der Waals surface area contributed by atoms with Gasteiger partial charge >= 0.3 is 0 Å². The molecular weight excluding hydrogens is 314 g/mol. The molecule has 0 aliphatic heterocycles. The molecule has 0 aliphatic rings. The number of benzene rings is 1. The van der Waals surface area contributed by atoms with E-state index in [-0.39, 0.29) is 11.6 Å². The highest BCUT2D eigenvalue weighted by atomic mass is 16.1. The van der Waals surface area contributed by atoms with Crippen LogP contribution in [0.1, 0.15) is 21.7 Å². The minimum Gasteiger partial charge on any atom is -0.368 e. The average Bonchev–Trinajstić information content (AvgIpc) is 2.68. The van der Waals surface area contributed by atoms with Crippen molar-refractivity contribution in [3.8, 4) is 0 Å². The fourth-order valence-corrected chi connectivity index (χ4v) is 2.28. The Labute approximate surface area is 146 Å². The molecule has 3 rings (SSSR count). The van der Waals surface area contributed by atoms with Gasteiger partial charge in [0.1, 0.15) is 11.5 Å². The van der Waals surface area contributed by atoms with E-state index in [0.29, 0.717) is 12.4 Å². The van der Waals surface area contributed by atoms with E-state index in [1.165, 1.54) is 11.8 Å². The lowest BCUT2D eigenvalue weighted by Gasteiger charge is -2.07. The Kier molecular flexibility index (Phi) is 5.66. The Balaban J connectivity index is 1.47. The topological polar surface area (TPSA) is 79.8 Å². The van der Waals surface area contributed by atoms with Crippen LogP contribution in [0.2, 0.25) is 0 Å². The van der Waals surface area contributed by atoms with Gasteiger partial charge in [0.05, 0.1) is 24.6 Å². The van der Waals surface area contributed by atoms with Crippen LogP contribution in [-0.4, -0.2) is 27.4 Å². The summed E-state index contributed by atoms with van der Waals surface area (Å²) in [4.78, 5) is 24.6. The Bertz CT molecular complexity index is 791. The number of rotatable bonds is 7. The van der Waals surface area contributed by atoms with E-state index in [1.807, 2.05) is 36.4 Å². The molecule has 0 unspecified atom stereocenters. The van der Waals surface area contributed by atoms with Crippen LogP contribution in [0.15, 0.2) is 67.1 Å². The smallest absolute Gasteiger partial charge is 0.271 e. The van der Waals surface area contributed by atoms with Gasteiger partial charge in [-0.2, -0.15) is 0 Å². The van der Waals surface area contributed by atoms with Crippen molar-refractivity contribution >= 4 is 11.7 Å². The maximum Gasteiger partial charge on any atom is 0.271 e. The third-order valence-electron chi connectivity index (χ3n) is 3.60. The molecule has 0 radical (unpaired) electrons. The number of carbonyl (C=O) groups excluding carboxylic acids is 1. The van der Waals surface area contributed by atoms with Crippen LogP contribution in [0.5, 0.6) is 0 Å². The van der Waals surface area contributed by atoms with E-state index in [9.17, 15) is 4.79 Å². The van der Waals surface area contributed by atoms with Gasteiger partial charge in [-0.25, -0.2) is 9.97 Å². The summed E-state index contributed by atoms with van der Waals surface area (Å²) in [6.45, 7) is 1.11. The van der Waals surface area contributed by atoms with Crippen LogP contribution in [0.4, 0.5) is 5.82 Å². The van der Waals surface area contributed by atoms with Crippen LogP contribution >= 0.6 is 0 Å². The molecule has 6 heteroatoms. The second-order valence-corrected chi connectivity index (χ2v) is 5.45. The Morgan fingerprint density at radius 1 is 0.920 bits per heavy atom. The van der Waals surface area contributed by atoms with Gasteiger partial charge in [0, 0.05) is 12.7 Å². The first kappa shape index (κ1) is 16.6. The molecule has 6 nitrogen and oxygen atoms in total. The molecule has 126 valence electrons. The monoisotopic (exact) mass is 333 g/mol. The van der Waals surface area contributed by atoms with E-state index in [4.69, 9.17) is 0 Å². The van der Waals surface area contributed by atoms with E-state index in [1.54, 1.807) is 12.4 Å². The van der Waals surface area contributed by atoms with Gasteiger partial charge in [0.15, 0.2) is 0 Å². The van der Waals surface area contributed by atoms with E-state index >= 15 is 0 Å². The van der Waals surface area contributed by atoms with Crippen molar-refractivity contribution in [3.63, 3.8) is 0 Å². The highest BCUT2D eigenvalue weighted by molar-refractivity contribution is 5.91. The van der Waals surface area contributed by atoms with Crippen molar-refractivity contribution in [2.24, 2.45) is 0 Å². The second kappa shape index (κ2) is 8.54. The number of hydrogen-bond donors (Lipinski definition) is 2. The van der Waals surface area contributed by atoms with E-state index < -0.39 is 0 Å². The van der Waals surface area contributed by atoms with Gasteiger partial charge in [-0.1, -0.05) is 36.4 Å². The molecule has 1 aromatic carbocycles. The third-order valence-corrected chi connectivity index (χ3v) is 3.60. The van der Waals surface area contributed by atoms with Gasteiger partial charge in [0.25, 0.3) is 5.91 Å². The van der Waals surface area contributed by atoms with Crippen molar-refractivity contribution in [2.75, 3.05) is 11.9 Å². The number of hydrogen-bond acceptors (Lipinski definition) is 5. The SMILES string of the molecule is O=C(NCc1ccccn1)c1cnc(NCCc2ccccc2)cn1. The molecule has 0 saturated carbocycles. The normalized spacial score (nSPS) is 10.2. The fourth-order valence-electron chi connectivity index (χ4n) is 2.28. The number of nitrogens with zero attached hydrogens (tertiary/aromatic N) is 3. The van der Waals surface area contributed by atoms with Crippen LogP contribution in [0, 0.1) is 0 Å². The van der Waals surface area contributed by atoms with Crippen molar-refractivity contribution in [2.45, 2.75) is 13.0 Å². The molecular formula is C19H19N5O. The van der Waals surface area contributed by atoms with Gasteiger partial charge in [-0.3, -0.25) is 9.78 Å². The number of amides is 1. The number of aromatic nitrogens is 3. The number of nitrogens with one attached hydrogen (secondary N) is 2. The molecule has 0 aliphatic carbocycles. The third kappa shape index (κ3) is 5.10. The summed E-state index contributed by atoms with van der Waals surface area (Å²) in [6, 6.07) is 15.8. The molecule has 0 fully saturated rings. The second-order valence-electron chi connectivity index (χ2n) is 5.45. The van der Waals surface area contributed by atoms with Crippen LogP contribution < -0.4 is 10.6 Å². The Morgan fingerprint density at radius 3 is 2.48 bits per heavy atom. The van der Waals surface area contributed by atoms with Crippen molar-refractivity contribution < 1.29 is 4.79 Å². The summed E-state index contributed by atoms with van der Waals surface area (Å²) in [5, 5.41) is 5.98. The Hall–Kier alpha value is -3.28. The summed E-state index contributed by atoms with van der Waals surface area (Å²) in [5.41, 5.74) is 2.33. The predicted octanol–water partition coefficient (Wildman–Crippen LogP) is 2.46. The highest BCUT2D eigenvalue weighted by Gasteiger charge is 2.08. The van der Waals surface area contributed by atoms with Crippen LogP contribution in [-0.2, 0) is 13.0 Å². The molecule has 3 aromatic rings. The van der Waals surface area contributed by atoms with Crippen molar-refractivity contribution in [3.05, 3.63) is 84.1 Å². The molecule has 0 saturated heterocycles. The van der Waals surface area contributed by atoms with E-state index in [0.717, 1.165) is 18.7 Å². The molecule has 2 N–H and O–H groups in total. The predicted molar refractivity (Wildman–Crippen MR) is 96.1 cm³/mol. The van der Waals surface area contributed by atoms with Crippen molar-refractivity contribution in [1.82, 2.24) is 20.3 Å². The zero-order valence-corrected chi connectivity index (χ0v) is 13.7. The molecule has 0 spiro atoms. The summed E-state index contributed by atoms with van der Waals surface area (Å²) in [6.07, 6.45) is 5.63. The zero-order valence-electron chi connectivity index (χ0n) is 13.7. The summed E-state index contributed by atoms with van der Waals surface area (Å²) >= 11 is 0. The van der Waals surface area contributed by atoms with Gasteiger partial charge in [-0.05, 0) is 24.1 Å². The Morgan fingerprint density at radius 2 is 1.76 bits per heavy atom. The summed E-state index contributed by atoms with van der Waals surface area (Å²) < 4.78 is 0.